The largest absolute Gasteiger partial charge is 0.476 e. The van der Waals surface area contributed by atoms with Gasteiger partial charge in [-0.05, 0) is 20.8 Å². The third kappa shape index (κ3) is 4.36. The molecule has 1 saturated carbocycles. The normalized spacial score (nSPS) is 18.3. The average Bonchev–Trinajstić information content (AvgIpc) is 3.28. The number of carboxylic acids is 1. The zero-order valence-corrected chi connectivity index (χ0v) is 18.6. The molecule has 0 spiro atoms. The Kier molecular flexibility index (Phi) is 5.27. The number of nitrogens with zero attached hydrogens (tertiary/aromatic N) is 6. The number of carbonyl (C=O) groups is 2. The van der Waals surface area contributed by atoms with Crippen LogP contribution in [0.1, 0.15) is 44.1 Å². The van der Waals surface area contributed by atoms with Crippen molar-refractivity contribution < 1.29 is 24.2 Å². The molecule has 1 amide bonds. The van der Waals surface area contributed by atoms with E-state index in [1.54, 1.807) is 42.3 Å². The van der Waals surface area contributed by atoms with Crippen LogP contribution in [-0.4, -0.2) is 71.2 Å². The lowest BCUT2D eigenvalue weighted by molar-refractivity contribution is -0.00938. The van der Waals surface area contributed by atoms with E-state index in [1.165, 1.54) is 10.6 Å². The van der Waals surface area contributed by atoms with E-state index in [4.69, 9.17) is 9.47 Å². The molecule has 0 unspecified atom stereocenters. The summed E-state index contributed by atoms with van der Waals surface area (Å²) < 4.78 is 14.6. The Morgan fingerprint density at radius 1 is 1.25 bits per heavy atom. The molecule has 3 aromatic heterocycles. The number of carboxylic acid groups (broad SMARTS) is 1. The summed E-state index contributed by atoms with van der Waals surface area (Å²) in [4.78, 5) is 29.9. The molecule has 4 rings (SSSR count). The van der Waals surface area contributed by atoms with Gasteiger partial charge in [-0.3, -0.25) is 4.68 Å². The molecule has 1 N–H and O–H groups in total. The second-order valence-electron chi connectivity index (χ2n) is 8.95. The highest BCUT2D eigenvalue weighted by Crippen LogP contribution is 2.32. The topological polar surface area (TPSA) is 124 Å². The highest BCUT2D eigenvalue weighted by Gasteiger charge is 2.38. The van der Waals surface area contributed by atoms with Crippen molar-refractivity contribution in [2.75, 3.05) is 7.05 Å². The summed E-state index contributed by atoms with van der Waals surface area (Å²) in [6.45, 7) is 5.48. The molecule has 32 heavy (non-hydrogen) atoms. The molecular weight excluding hydrogens is 416 g/mol. The maximum atomic E-state index is 12.3. The van der Waals surface area contributed by atoms with Crippen molar-refractivity contribution in [3.8, 4) is 17.1 Å². The van der Waals surface area contributed by atoms with Gasteiger partial charge in [-0.2, -0.15) is 10.2 Å². The molecule has 170 valence electrons. The number of carbonyl (C=O) groups excluding carboxylic acids is 1. The predicted octanol–water partition coefficient (Wildman–Crippen LogP) is 2.60. The zero-order valence-electron chi connectivity index (χ0n) is 18.6. The van der Waals surface area contributed by atoms with Crippen molar-refractivity contribution >= 4 is 17.6 Å². The summed E-state index contributed by atoms with van der Waals surface area (Å²) in [7, 11) is 3.51. The van der Waals surface area contributed by atoms with Gasteiger partial charge in [-0.1, -0.05) is 0 Å². The molecule has 1 fully saturated rings. The number of fused-ring (bicyclic) bond motifs is 1. The minimum Gasteiger partial charge on any atom is -0.476 e. The quantitative estimate of drug-likeness (QED) is 0.639. The first-order chi connectivity index (χ1) is 15.0. The van der Waals surface area contributed by atoms with Crippen LogP contribution in [0.2, 0.25) is 0 Å². The molecule has 0 aliphatic heterocycles. The molecule has 0 radical (unpaired) electrons. The fourth-order valence-corrected chi connectivity index (χ4v) is 3.44. The van der Waals surface area contributed by atoms with Crippen LogP contribution in [0.15, 0.2) is 24.7 Å². The zero-order chi connectivity index (χ0) is 23.2. The molecule has 3 aromatic rings. The van der Waals surface area contributed by atoms with E-state index >= 15 is 0 Å². The van der Waals surface area contributed by atoms with Crippen LogP contribution < -0.4 is 4.74 Å². The molecule has 0 saturated heterocycles. The summed E-state index contributed by atoms with van der Waals surface area (Å²) in [6.07, 6.45) is 5.78. The smallest absolute Gasteiger partial charge is 0.410 e. The van der Waals surface area contributed by atoms with Crippen LogP contribution in [0.4, 0.5) is 4.79 Å². The first kappa shape index (κ1) is 21.6. The number of rotatable bonds is 5. The van der Waals surface area contributed by atoms with Gasteiger partial charge >= 0.3 is 12.1 Å². The standard InChI is InChI=1S/C21H26N6O5/c1-21(2,3)32-20(30)26(5)13-6-14(7-13)31-18-17-8-15(19(28)29)24-27(17)11-16(23-18)12-9-22-25(4)10-12/h8-11,13-14H,6-7H2,1-5H3,(H,28,29)/t13-,14+. The maximum absolute atomic E-state index is 12.3. The monoisotopic (exact) mass is 442 g/mol. The minimum atomic E-state index is -1.13. The Morgan fingerprint density at radius 3 is 2.56 bits per heavy atom. The molecule has 0 bridgehead atoms. The number of amides is 1. The predicted molar refractivity (Wildman–Crippen MR) is 114 cm³/mol. The third-order valence-electron chi connectivity index (χ3n) is 5.22. The molecular formula is C21H26N6O5. The van der Waals surface area contributed by atoms with Crippen molar-refractivity contribution in [3.63, 3.8) is 0 Å². The molecule has 0 aromatic carbocycles. The number of ether oxygens (including phenoxy) is 2. The van der Waals surface area contributed by atoms with Crippen molar-refractivity contribution in [2.45, 2.75) is 51.4 Å². The SMILES string of the molecule is Cn1cc(-c2cn3nc(C(=O)O)cc3c(O[C@H]3C[C@@H](N(C)C(=O)OC(C)(C)C)C3)n2)cn1. The Hall–Kier alpha value is -3.63. The average molecular weight is 442 g/mol. The fraction of sp³-hybridized carbons (Fsp3) is 0.476. The highest BCUT2D eigenvalue weighted by atomic mass is 16.6. The lowest BCUT2D eigenvalue weighted by Gasteiger charge is -2.40. The van der Waals surface area contributed by atoms with Crippen molar-refractivity contribution in [1.29, 1.82) is 0 Å². The fourth-order valence-electron chi connectivity index (χ4n) is 3.44. The van der Waals surface area contributed by atoms with Gasteiger partial charge in [0, 0.05) is 50.8 Å². The summed E-state index contributed by atoms with van der Waals surface area (Å²) in [5, 5.41) is 17.6. The summed E-state index contributed by atoms with van der Waals surface area (Å²) >= 11 is 0. The summed E-state index contributed by atoms with van der Waals surface area (Å²) in [6, 6.07) is 1.42. The van der Waals surface area contributed by atoms with Crippen LogP contribution >= 0.6 is 0 Å². The first-order valence-corrected chi connectivity index (χ1v) is 10.3. The van der Waals surface area contributed by atoms with Crippen LogP contribution in [-0.2, 0) is 11.8 Å². The molecule has 0 atom stereocenters. The van der Waals surface area contributed by atoms with E-state index < -0.39 is 11.6 Å². The Labute approximate surface area is 184 Å². The number of aromatic nitrogens is 5. The van der Waals surface area contributed by atoms with Gasteiger partial charge in [-0.25, -0.2) is 19.1 Å². The van der Waals surface area contributed by atoms with Crippen molar-refractivity contribution in [2.24, 2.45) is 7.05 Å². The second-order valence-corrected chi connectivity index (χ2v) is 8.95. The molecule has 11 nitrogen and oxygen atoms in total. The Morgan fingerprint density at radius 2 is 1.97 bits per heavy atom. The summed E-state index contributed by atoms with van der Waals surface area (Å²) in [5.41, 5.74) is 1.11. The van der Waals surface area contributed by atoms with Crippen LogP contribution in [0.3, 0.4) is 0 Å². The second kappa shape index (κ2) is 7.81. The van der Waals surface area contributed by atoms with E-state index in [2.05, 4.69) is 15.2 Å². The lowest BCUT2D eigenvalue weighted by atomic mass is 9.88. The van der Waals surface area contributed by atoms with E-state index in [1.807, 2.05) is 20.8 Å². The van der Waals surface area contributed by atoms with Gasteiger partial charge in [0.05, 0.1) is 18.1 Å². The van der Waals surface area contributed by atoms with Gasteiger partial charge in [0.1, 0.15) is 17.2 Å². The van der Waals surface area contributed by atoms with Crippen LogP contribution in [0.25, 0.3) is 16.8 Å². The van der Waals surface area contributed by atoms with Gasteiger partial charge in [0.15, 0.2) is 5.69 Å². The molecule has 1 aliphatic rings. The number of aryl methyl sites for hydroxylation is 1. The molecule has 11 heteroatoms. The Bertz CT molecular complexity index is 1170. The van der Waals surface area contributed by atoms with E-state index in [-0.39, 0.29) is 29.8 Å². The first-order valence-electron chi connectivity index (χ1n) is 10.3. The van der Waals surface area contributed by atoms with E-state index in [0.717, 1.165) is 5.56 Å². The minimum absolute atomic E-state index is 0.00753. The number of hydrogen-bond acceptors (Lipinski definition) is 7. The molecule has 1 aliphatic carbocycles. The van der Waals surface area contributed by atoms with Crippen LogP contribution in [0, 0.1) is 0 Å². The van der Waals surface area contributed by atoms with Gasteiger partial charge < -0.3 is 19.5 Å². The number of hydrogen-bond donors (Lipinski definition) is 1. The van der Waals surface area contributed by atoms with E-state index in [9.17, 15) is 14.7 Å². The third-order valence-corrected chi connectivity index (χ3v) is 5.22. The maximum Gasteiger partial charge on any atom is 0.410 e. The van der Waals surface area contributed by atoms with E-state index in [0.29, 0.717) is 24.1 Å². The van der Waals surface area contributed by atoms with Gasteiger partial charge in [0.25, 0.3) is 0 Å². The highest BCUT2D eigenvalue weighted by molar-refractivity contribution is 5.87. The van der Waals surface area contributed by atoms with Crippen molar-refractivity contribution in [3.05, 3.63) is 30.4 Å². The summed E-state index contributed by atoms with van der Waals surface area (Å²) in [5.74, 6) is -0.847. The molecule has 3 heterocycles. The lowest BCUT2D eigenvalue weighted by Crippen LogP contribution is -2.51. The Balaban J connectivity index is 1.54. The van der Waals surface area contributed by atoms with Gasteiger partial charge in [-0.15, -0.1) is 0 Å². The number of aromatic carboxylic acids is 1. The van der Waals surface area contributed by atoms with Gasteiger partial charge in [0.2, 0.25) is 5.88 Å². The van der Waals surface area contributed by atoms with Crippen LogP contribution in [0.5, 0.6) is 5.88 Å². The van der Waals surface area contributed by atoms with Crippen molar-refractivity contribution in [1.82, 2.24) is 29.3 Å².